The molecule has 1 aromatic carbocycles. The predicted octanol–water partition coefficient (Wildman–Crippen LogP) is 4.91. The van der Waals surface area contributed by atoms with Gasteiger partial charge in [0, 0.05) is 25.1 Å². The summed E-state index contributed by atoms with van der Waals surface area (Å²) >= 11 is 0. The van der Waals surface area contributed by atoms with Crippen LogP contribution in [0, 0.1) is 11.3 Å². The number of hydrogen-bond donors (Lipinski definition) is 0. The fourth-order valence-corrected chi connectivity index (χ4v) is 4.21. The summed E-state index contributed by atoms with van der Waals surface area (Å²) in [4.78, 5) is 19.4. The highest BCUT2D eigenvalue weighted by atomic mass is 16.5. The molecule has 1 aliphatic heterocycles. The fourth-order valence-electron chi connectivity index (χ4n) is 4.21. The minimum atomic E-state index is 0.102. The molecule has 6 nitrogen and oxygen atoms in total. The summed E-state index contributed by atoms with van der Waals surface area (Å²) in [6.07, 6.45) is 3.58. The summed E-state index contributed by atoms with van der Waals surface area (Å²) in [7, 11) is 1.64. The Labute approximate surface area is 173 Å². The molecule has 3 rings (SSSR count). The van der Waals surface area contributed by atoms with Crippen LogP contribution in [0.3, 0.4) is 0 Å². The highest BCUT2D eigenvalue weighted by molar-refractivity contribution is 5.76. The van der Waals surface area contributed by atoms with Gasteiger partial charge in [-0.1, -0.05) is 32.9 Å². The summed E-state index contributed by atoms with van der Waals surface area (Å²) in [5, 5.41) is 4.15. The van der Waals surface area contributed by atoms with Gasteiger partial charge in [-0.15, -0.1) is 0 Å². The SMILES string of the molecule is COc1ccc(-c2noc(C3CCCN(C(=O)CC(C)CC(C)(C)C)C3)n2)cc1. The van der Waals surface area contributed by atoms with E-state index in [-0.39, 0.29) is 17.2 Å². The van der Waals surface area contributed by atoms with Crippen molar-refractivity contribution in [3.05, 3.63) is 30.2 Å². The molecule has 29 heavy (non-hydrogen) atoms. The Morgan fingerprint density at radius 2 is 2.03 bits per heavy atom. The molecule has 1 amide bonds. The zero-order valence-electron chi connectivity index (χ0n) is 18.3. The Bertz CT molecular complexity index is 808. The summed E-state index contributed by atoms with van der Waals surface area (Å²) in [6, 6.07) is 7.60. The lowest BCUT2D eigenvalue weighted by molar-refractivity contribution is -0.133. The first kappa shape index (κ1) is 21.3. The second kappa shape index (κ2) is 8.97. The van der Waals surface area contributed by atoms with Crippen LogP contribution in [0.1, 0.15) is 65.2 Å². The maximum absolute atomic E-state index is 12.8. The first-order valence-corrected chi connectivity index (χ1v) is 10.5. The topological polar surface area (TPSA) is 68.5 Å². The molecule has 0 bridgehead atoms. The molecule has 2 heterocycles. The van der Waals surface area contributed by atoms with Gasteiger partial charge in [-0.05, 0) is 54.9 Å². The number of nitrogens with zero attached hydrogens (tertiary/aromatic N) is 3. The number of carbonyl (C=O) groups is 1. The average Bonchev–Trinajstić information content (AvgIpc) is 3.17. The van der Waals surface area contributed by atoms with Crippen LogP contribution >= 0.6 is 0 Å². The van der Waals surface area contributed by atoms with Crippen molar-refractivity contribution >= 4 is 5.91 Å². The van der Waals surface area contributed by atoms with Crippen LogP contribution in [0.15, 0.2) is 28.8 Å². The molecule has 1 aromatic heterocycles. The van der Waals surface area contributed by atoms with Gasteiger partial charge in [-0.3, -0.25) is 4.79 Å². The highest BCUT2D eigenvalue weighted by Crippen LogP contribution is 2.30. The van der Waals surface area contributed by atoms with Gasteiger partial charge in [0.05, 0.1) is 13.0 Å². The van der Waals surface area contributed by atoms with E-state index in [0.717, 1.165) is 37.1 Å². The van der Waals surface area contributed by atoms with Crippen LogP contribution in [0.2, 0.25) is 0 Å². The third-order valence-corrected chi connectivity index (χ3v) is 5.40. The lowest BCUT2D eigenvalue weighted by Gasteiger charge is -2.32. The van der Waals surface area contributed by atoms with Crippen molar-refractivity contribution in [3.63, 3.8) is 0 Å². The zero-order chi connectivity index (χ0) is 21.0. The van der Waals surface area contributed by atoms with Crippen molar-refractivity contribution in [1.29, 1.82) is 0 Å². The average molecular weight is 400 g/mol. The molecule has 6 heteroatoms. The smallest absolute Gasteiger partial charge is 0.231 e. The predicted molar refractivity (Wildman–Crippen MR) is 113 cm³/mol. The van der Waals surface area contributed by atoms with Crippen LogP contribution in [0.25, 0.3) is 11.4 Å². The zero-order valence-corrected chi connectivity index (χ0v) is 18.3. The third-order valence-electron chi connectivity index (χ3n) is 5.40. The largest absolute Gasteiger partial charge is 0.497 e. The van der Waals surface area contributed by atoms with Crippen molar-refractivity contribution in [2.75, 3.05) is 20.2 Å². The van der Waals surface area contributed by atoms with Gasteiger partial charge in [-0.25, -0.2) is 0 Å². The summed E-state index contributed by atoms with van der Waals surface area (Å²) in [5.41, 5.74) is 1.13. The van der Waals surface area contributed by atoms with Crippen molar-refractivity contribution in [2.45, 2.75) is 59.3 Å². The summed E-state index contributed by atoms with van der Waals surface area (Å²) < 4.78 is 10.8. The molecule has 158 valence electrons. The third kappa shape index (κ3) is 5.81. The number of aromatic nitrogens is 2. The number of ether oxygens (including phenoxy) is 1. The number of carbonyl (C=O) groups excluding carboxylic acids is 1. The highest BCUT2D eigenvalue weighted by Gasteiger charge is 2.29. The fraction of sp³-hybridized carbons (Fsp3) is 0.609. The molecule has 0 spiro atoms. The van der Waals surface area contributed by atoms with Gasteiger partial charge in [0.25, 0.3) is 0 Å². The van der Waals surface area contributed by atoms with Crippen LogP contribution in [0.4, 0.5) is 0 Å². The van der Waals surface area contributed by atoms with Crippen LogP contribution in [0.5, 0.6) is 5.75 Å². The molecular formula is C23H33N3O3. The van der Waals surface area contributed by atoms with E-state index in [1.54, 1.807) is 7.11 Å². The van der Waals surface area contributed by atoms with E-state index >= 15 is 0 Å². The van der Waals surface area contributed by atoms with Gasteiger partial charge < -0.3 is 14.2 Å². The van der Waals surface area contributed by atoms with E-state index in [0.29, 0.717) is 30.6 Å². The molecule has 2 aromatic rings. The molecule has 1 aliphatic rings. The Balaban J connectivity index is 1.62. The monoisotopic (exact) mass is 399 g/mol. The first-order valence-electron chi connectivity index (χ1n) is 10.5. The standard InChI is InChI=1S/C23H33N3O3/c1-16(14-23(2,3)4)13-20(27)26-12-6-7-18(15-26)22-24-21(25-29-22)17-8-10-19(28-5)11-9-17/h8-11,16,18H,6-7,12-15H2,1-5H3. The van der Waals surface area contributed by atoms with Gasteiger partial charge in [0.1, 0.15) is 5.75 Å². The first-order chi connectivity index (χ1) is 13.7. The molecule has 1 fully saturated rings. The second-order valence-corrected chi connectivity index (χ2v) is 9.44. The van der Waals surface area contributed by atoms with Gasteiger partial charge in [0.15, 0.2) is 0 Å². The van der Waals surface area contributed by atoms with E-state index in [4.69, 9.17) is 9.26 Å². The molecule has 0 N–H and O–H groups in total. The van der Waals surface area contributed by atoms with E-state index in [1.165, 1.54) is 0 Å². The minimum Gasteiger partial charge on any atom is -0.497 e. The van der Waals surface area contributed by atoms with Gasteiger partial charge >= 0.3 is 0 Å². The number of likely N-dealkylation sites (tertiary alicyclic amines) is 1. The number of rotatable bonds is 6. The molecule has 2 unspecified atom stereocenters. The van der Waals surface area contributed by atoms with Crippen LogP contribution < -0.4 is 4.74 Å². The normalized spacial score (nSPS) is 18.5. The molecule has 0 aliphatic carbocycles. The maximum atomic E-state index is 12.8. The van der Waals surface area contributed by atoms with Crippen molar-refractivity contribution < 1.29 is 14.1 Å². The van der Waals surface area contributed by atoms with Crippen LogP contribution in [-0.4, -0.2) is 41.1 Å². The number of amides is 1. The maximum Gasteiger partial charge on any atom is 0.231 e. The Hall–Kier alpha value is -2.37. The minimum absolute atomic E-state index is 0.102. The van der Waals surface area contributed by atoms with Crippen molar-refractivity contribution in [1.82, 2.24) is 15.0 Å². The summed E-state index contributed by atoms with van der Waals surface area (Å²) in [6.45, 7) is 10.3. The second-order valence-electron chi connectivity index (χ2n) is 9.44. The molecule has 0 saturated carbocycles. The molecular weight excluding hydrogens is 366 g/mol. The number of piperidine rings is 1. The van der Waals surface area contributed by atoms with E-state index < -0.39 is 0 Å². The summed E-state index contributed by atoms with van der Waals surface area (Å²) in [5.74, 6) is 2.71. The quantitative estimate of drug-likeness (QED) is 0.690. The van der Waals surface area contributed by atoms with Gasteiger partial charge in [0.2, 0.25) is 17.6 Å². The Kier molecular flexibility index (Phi) is 6.60. The van der Waals surface area contributed by atoms with Crippen LogP contribution in [-0.2, 0) is 4.79 Å². The molecule has 2 atom stereocenters. The number of benzene rings is 1. The van der Waals surface area contributed by atoms with Crippen molar-refractivity contribution in [2.24, 2.45) is 11.3 Å². The lowest BCUT2D eigenvalue weighted by Crippen LogP contribution is -2.40. The van der Waals surface area contributed by atoms with E-state index in [1.807, 2.05) is 29.2 Å². The molecule has 0 radical (unpaired) electrons. The number of hydrogen-bond acceptors (Lipinski definition) is 5. The Morgan fingerprint density at radius 1 is 1.31 bits per heavy atom. The van der Waals surface area contributed by atoms with Crippen molar-refractivity contribution in [3.8, 4) is 17.1 Å². The van der Waals surface area contributed by atoms with E-state index in [9.17, 15) is 4.79 Å². The van der Waals surface area contributed by atoms with E-state index in [2.05, 4.69) is 37.8 Å². The molecule has 1 saturated heterocycles. The van der Waals surface area contributed by atoms with Gasteiger partial charge in [-0.2, -0.15) is 4.98 Å². The number of methoxy groups -OCH3 is 1. The lowest BCUT2D eigenvalue weighted by atomic mass is 9.84. The Morgan fingerprint density at radius 3 is 2.69 bits per heavy atom.